The van der Waals surface area contributed by atoms with Crippen LogP contribution in [0.15, 0.2) is 0 Å². The summed E-state index contributed by atoms with van der Waals surface area (Å²) in [4.78, 5) is 16.8. The van der Waals surface area contributed by atoms with Crippen LogP contribution in [0.3, 0.4) is 0 Å². The maximum atomic E-state index is 12.3. The molecule has 2 rings (SSSR count). The minimum atomic E-state index is 0.0875. The van der Waals surface area contributed by atoms with Gasteiger partial charge in [-0.1, -0.05) is 6.92 Å². The Balaban J connectivity index is 1.75. The lowest BCUT2D eigenvalue weighted by molar-refractivity contribution is -0.137. The number of carbonyl (C=O) groups is 1. The SMILES string of the molecule is CC(CN)CN1CCN(C(=O)C2COC(C)C2)CC1. The van der Waals surface area contributed by atoms with Crippen molar-refractivity contribution >= 4 is 5.91 Å². The van der Waals surface area contributed by atoms with Crippen molar-refractivity contribution in [3.05, 3.63) is 0 Å². The fourth-order valence-electron chi connectivity index (χ4n) is 2.91. The van der Waals surface area contributed by atoms with E-state index in [4.69, 9.17) is 10.5 Å². The van der Waals surface area contributed by atoms with Crippen molar-refractivity contribution in [3.8, 4) is 0 Å². The Morgan fingerprint density at radius 3 is 2.58 bits per heavy atom. The number of carbonyl (C=O) groups excluding carboxylic acids is 1. The molecular formula is C14H27N3O2. The Kier molecular flexibility index (Phi) is 5.19. The minimum Gasteiger partial charge on any atom is -0.378 e. The smallest absolute Gasteiger partial charge is 0.228 e. The lowest BCUT2D eigenvalue weighted by Gasteiger charge is -2.36. The third kappa shape index (κ3) is 3.91. The second-order valence-electron chi connectivity index (χ2n) is 6.04. The van der Waals surface area contributed by atoms with Crippen LogP contribution in [-0.2, 0) is 9.53 Å². The first-order chi connectivity index (χ1) is 9.10. The Labute approximate surface area is 116 Å². The summed E-state index contributed by atoms with van der Waals surface area (Å²) in [5, 5.41) is 0. The molecule has 2 aliphatic rings. The van der Waals surface area contributed by atoms with Crippen molar-refractivity contribution in [2.45, 2.75) is 26.4 Å². The average molecular weight is 269 g/mol. The number of rotatable bonds is 4. The van der Waals surface area contributed by atoms with Crippen LogP contribution in [0.25, 0.3) is 0 Å². The molecule has 110 valence electrons. The molecule has 0 aromatic rings. The van der Waals surface area contributed by atoms with Gasteiger partial charge >= 0.3 is 0 Å². The molecule has 5 heteroatoms. The normalized spacial score (nSPS) is 30.6. The summed E-state index contributed by atoms with van der Waals surface area (Å²) >= 11 is 0. The van der Waals surface area contributed by atoms with Gasteiger partial charge in [-0.15, -0.1) is 0 Å². The predicted octanol–water partition coefficient (Wildman–Crippen LogP) is 0.150. The molecule has 2 heterocycles. The van der Waals surface area contributed by atoms with Crippen molar-refractivity contribution < 1.29 is 9.53 Å². The van der Waals surface area contributed by atoms with Crippen molar-refractivity contribution in [2.24, 2.45) is 17.6 Å². The van der Waals surface area contributed by atoms with E-state index in [1.54, 1.807) is 0 Å². The molecule has 0 aliphatic carbocycles. The molecule has 5 nitrogen and oxygen atoms in total. The number of amides is 1. The Morgan fingerprint density at radius 2 is 2.05 bits per heavy atom. The molecule has 19 heavy (non-hydrogen) atoms. The fraction of sp³-hybridized carbons (Fsp3) is 0.929. The van der Waals surface area contributed by atoms with Crippen LogP contribution >= 0.6 is 0 Å². The van der Waals surface area contributed by atoms with Crippen molar-refractivity contribution in [3.63, 3.8) is 0 Å². The maximum absolute atomic E-state index is 12.3. The number of hydrogen-bond acceptors (Lipinski definition) is 4. The van der Waals surface area contributed by atoms with Gasteiger partial charge < -0.3 is 15.4 Å². The van der Waals surface area contributed by atoms with Gasteiger partial charge in [0.1, 0.15) is 0 Å². The number of nitrogens with two attached hydrogens (primary N) is 1. The summed E-state index contributed by atoms with van der Waals surface area (Å²) in [6, 6.07) is 0. The van der Waals surface area contributed by atoms with Gasteiger partial charge in [-0.05, 0) is 25.8 Å². The van der Waals surface area contributed by atoms with Crippen LogP contribution in [0.2, 0.25) is 0 Å². The lowest BCUT2D eigenvalue weighted by atomic mass is 10.0. The molecule has 0 radical (unpaired) electrons. The summed E-state index contributed by atoms with van der Waals surface area (Å²) < 4.78 is 5.49. The highest BCUT2D eigenvalue weighted by atomic mass is 16.5. The van der Waals surface area contributed by atoms with E-state index in [0.717, 1.165) is 45.7 Å². The first-order valence-corrected chi connectivity index (χ1v) is 7.43. The monoisotopic (exact) mass is 269 g/mol. The largest absolute Gasteiger partial charge is 0.378 e. The third-order valence-electron chi connectivity index (χ3n) is 4.20. The zero-order valence-electron chi connectivity index (χ0n) is 12.2. The molecular weight excluding hydrogens is 242 g/mol. The molecule has 3 atom stereocenters. The summed E-state index contributed by atoms with van der Waals surface area (Å²) in [5.41, 5.74) is 5.66. The van der Waals surface area contributed by atoms with E-state index in [2.05, 4.69) is 11.8 Å². The van der Waals surface area contributed by atoms with Crippen LogP contribution in [-0.4, -0.2) is 67.7 Å². The van der Waals surface area contributed by atoms with Gasteiger partial charge in [-0.25, -0.2) is 0 Å². The topological polar surface area (TPSA) is 58.8 Å². The summed E-state index contributed by atoms with van der Waals surface area (Å²) in [7, 11) is 0. The number of hydrogen-bond donors (Lipinski definition) is 1. The van der Waals surface area contributed by atoms with Crippen molar-refractivity contribution in [1.82, 2.24) is 9.80 Å². The summed E-state index contributed by atoms with van der Waals surface area (Å²) in [6.07, 6.45) is 1.11. The van der Waals surface area contributed by atoms with Crippen molar-refractivity contribution in [1.29, 1.82) is 0 Å². The van der Waals surface area contributed by atoms with E-state index < -0.39 is 0 Å². The van der Waals surface area contributed by atoms with E-state index in [1.165, 1.54) is 0 Å². The third-order valence-corrected chi connectivity index (χ3v) is 4.20. The standard InChI is InChI=1S/C14H27N3O2/c1-11(8-15)9-16-3-5-17(6-4-16)14(18)13-7-12(2)19-10-13/h11-13H,3-10,15H2,1-2H3. The molecule has 2 fully saturated rings. The zero-order valence-corrected chi connectivity index (χ0v) is 12.2. The fourth-order valence-corrected chi connectivity index (χ4v) is 2.91. The molecule has 3 unspecified atom stereocenters. The van der Waals surface area contributed by atoms with E-state index in [1.807, 2.05) is 11.8 Å². The summed E-state index contributed by atoms with van der Waals surface area (Å²) in [6.45, 7) is 10.2. The van der Waals surface area contributed by atoms with Gasteiger partial charge in [0.15, 0.2) is 0 Å². The molecule has 0 aromatic carbocycles. The summed E-state index contributed by atoms with van der Waals surface area (Å²) in [5.74, 6) is 0.909. The second kappa shape index (κ2) is 6.68. The Hall–Kier alpha value is -0.650. The first-order valence-electron chi connectivity index (χ1n) is 7.43. The van der Waals surface area contributed by atoms with E-state index in [0.29, 0.717) is 12.5 Å². The molecule has 2 N–H and O–H groups in total. The molecule has 2 aliphatic heterocycles. The van der Waals surface area contributed by atoms with Crippen molar-refractivity contribution in [2.75, 3.05) is 45.9 Å². The van der Waals surface area contributed by atoms with E-state index in [-0.39, 0.29) is 17.9 Å². The molecule has 0 bridgehead atoms. The molecule has 0 spiro atoms. The second-order valence-corrected chi connectivity index (χ2v) is 6.04. The molecule has 2 saturated heterocycles. The van der Waals surface area contributed by atoms with Crippen LogP contribution in [0.5, 0.6) is 0 Å². The van der Waals surface area contributed by atoms with E-state index in [9.17, 15) is 4.79 Å². The molecule has 1 amide bonds. The predicted molar refractivity (Wildman–Crippen MR) is 74.8 cm³/mol. The van der Waals surface area contributed by atoms with Crippen LogP contribution in [0.4, 0.5) is 0 Å². The highest BCUT2D eigenvalue weighted by molar-refractivity contribution is 5.79. The van der Waals surface area contributed by atoms with Gasteiger partial charge in [-0.3, -0.25) is 9.69 Å². The Bertz CT molecular complexity index is 303. The highest BCUT2D eigenvalue weighted by Gasteiger charge is 2.32. The van der Waals surface area contributed by atoms with Crippen LogP contribution in [0.1, 0.15) is 20.3 Å². The van der Waals surface area contributed by atoms with Gasteiger partial charge in [0.2, 0.25) is 5.91 Å². The van der Waals surface area contributed by atoms with Gasteiger partial charge in [0.25, 0.3) is 0 Å². The molecule has 0 saturated carbocycles. The lowest BCUT2D eigenvalue weighted by Crippen LogP contribution is -2.51. The number of nitrogens with zero attached hydrogens (tertiary/aromatic N) is 2. The highest BCUT2D eigenvalue weighted by Crippen LogP contribution is 2.21. The quantitative estimate of drug-likeness (QED) is 0.789. The number of piperazine rings is 1. The van der Waals surface area contributed by atoms with Crippen LogP contribution in [0, 0.1) is 11.8 Å². The van der Waals surface area contributed by atoms with Gasteiger partial charge in [0.05, 0.1) is 18.6 Å². The Morgan fingerprint density at radius 1 is 1.37 bits per heavy atom. The first kappa shape index (κ1) is 14.8. The van der Waals surface area contributed by atoms with Crippen LogP contribution < -0.4 is 5.73 Å². The van der Waals surface area contributed by atoms with E-state index >= 15 is 0 Å². The maximum Gasteiger partial charge on any atom is 0.228 e. The molecule has 0 aromatic heterocycles. The zero-order chi connectivity index (χ0) is 13.8. The number of ether oxygens (including phenoxy) is 1. The van der Waals surface area contributed by atoms with Gasteiger partial charge in [-0.2, -0.15) is 0 Å². The average Bonchev–Trinajstić information content (AvgIpc) is 2.85. The minimum absolute atomic E-state index is 0.0875. The van der Waals surface area contributed by atoms with Gasteiger partial charge in [0, 0.05) is 32.7 Å².